The number of rotatable bonds is 5. The molecule has 4 aromatic rings. The summed E-state index contributed by atoms with van der Waals surface area (Å²) in [7, 11) is 0. The summed E-state index contributed by atoms with van der Waals surface area (Å²) in [6.45, 7) is 0. The first kappa shape index (κ1) is 18.1. The lowest BCUT2D eigenvalue weighted by Crippen LogP contribution is -2.17. The average Bonchev–Trinajstić information content (AvgIpc) is 2.75. The number of nitrogens with zero attached hydrogens (tertiary/aromatic N) is 3. The molecule has 0 bridgehead atoms. The average molecular weight is 384 g/mol. The highest BCUT2D eigenvalue weighted by atomic mass is 16.2. The Bertz CT molecular complexity index is 1230. The molecule has 0 radical (unpaired) electrons. The molecule has 0 aliphatic carbocycles. The fraction of sp³-hybridized carbons (Fsp3) is 0. The van der Waals surface area contributed by atoms with Gasteiger partial charge in [-0.15, -0.1) is 0 Å². The number of nitrogens with one attached hydrogen (secondary N) is 3. The minimum Gasteiger partial charge on any atom is -0.326 e. The first-order valence-corrected chi connectivity index (χ1v) is 8.80. The lowest BCUT2D eigenvalue weighted by Gasteiger charge is -2.07. The standard InChI is InChI=1S/C21H16N6O2/c28-19(27-23-13-16-5-3-4-12-22-16)14-8-10-15(11-9-14)24-21-25-18-7-2-1-6-17(18)20(29)26-21/h1-13H,(H,27,28)(H2,24,25,26,29)/b23-13-. The van der Waals surface area contributed by atoms with E-state index in [1.807, 2.05) is 12.1 Å². The number of benzene rings is 2. The zero-order valence-corrected chi connectivity index (χ0v) is 15.2. The van der Waals surface area contributed by atoms with Crippen molar-refractivity contribution in [1.29, 1.82) is 0 Å². The number of hydrogen-bond donors (Lipinski definition) is 3. The van der Waals surface area contributed by atoms with Crippen molar-refractivity contribution >= 4 is 34.7 Å². The van der Waals surface area contributed by atoms with Gasteiger partial charge in [0.1, 0.15) is 0 Å². The molecule has 3 N–H and O–H groups in total. The van der Waals surface area contributed by atoms with Gasteiger partial charge in [0.05, 0.1) is 22.8 Å². The fourth-order valence-electron chi connectivity index (χ4n) is 2.66. The van der Waals surface area contributed by atoms with E-state index in [4.69, 9.17) is 0 Å². The van der Waals surface area contributed by atoms with Crippen LogP contribution in [0.5, 0.6) is 0 Å². The smallest absolute Gasteiger partial charge is 0.271 e. The Kier molecular flexibility index (Phi) is 5.06. The summed E-state index contributed by atoms with van der Waals surface area (Å²) in [6, 6.07) is 19.2. The minimum atomic E-state index is -0.346. The molecule has 0 aliphatic rings. The fourth-order valence-corrected chi connectivity index (χ4v) is 2.66. The Morgan fingerprint density at radius 3 is 2.59 bits per heavy atom. The molecule has 0 aliphatic heterocycles. The summed E-state index contributed by atoms with van der Waals surface area (Å²) in [5.74, 6) is -0.0215. The van der Waals surface area contributed by atoms with Crippen LogP contribution in [0.25, 0.3) is 10.9 Å². The van der Waals surface area contributed by atoms with Crippen LogP contribution in [-0.4, -0.2) is 27.1 Å². The molecule has 1 amide bonds. The summed E-state index contributed by atoms with van der Waals surface area (Å²) in [5, 5.41) is 7.45. The first-order valence-electron chi connectivity index (χ1n) is 8.80. The number of pyridine rings is 1. The number of fused-ring (bicyclic) bond motifs is 1. The number of aromatic amines is 1. The van der Waals surface area contributed by atoms with Gasteiger partial charge in [0.15, 0.2) is 0 Å². The predicted octanol–water partition coefficient (Wildman–Crippen LogP) is 2.83. The number of hydrogen-bond acceptors (Lipinski definition) is 6. The lowest BCUT2D eigenvalue weighted by molar-refractivity contribution is 0.0955. The molecule has 4 rings (SSSR count). The van der Waals surface area contributed by atoms with Crippen molar-refractivity contribution < 1.29 is 4.79 Å². The van der Waals surface area contributed by atoms with Crippen molar-refractivity contribution in [3.8, 4) is 0 Å². The Balaban J connectivity index is 1.43. The van der Waals surface area contributed by atoms with E-state index < -0.39 is 0 Å². The number of para-hydroxylation sites is 1. The second kappa shape index (κ2) is 8.13. The second-order valence-electron chi connectivity index (χ2n) is 6.09. The number of carbonyl (C=O) groups excluding carboxylic acids is 1. The highest BCUT2D eigenvalue weighted by molar-refractivity contribution is 5.95. The Hall–Kier alpha value is -4.33. The number of H-pyrrole nitrogens is 1. The van der Waals surface area contributed by atoms with Gasteiger partial charge in [-0.2, -0.15) is 5.10 Å². The SMILES string of the molecule is O=C(N/N=C\c1ccccn1)c1ccc(Nc2nc3ccccc3c(=O)[nH]2)cc1. The minimum absolute atomic E-state index is 0.222. The summed E-state index contributed by atoms with van der Waals surface area (Å²) in [6.07, 6.45) is 3.11. The third kappa shape index (κ3) is 4.33. The number of carbonyl (C=O) groups is 1. The number of anilines is 2. The summed E-state index contributed by atoms with van der Waals surface area (Å²) in [4.78, 5) is 35.5. The molecule has 0 saturated carbocycles. The first-order chi connectivity index (χ1) is 14.2. The van der Waals surface area contributed by atoms with E-state index in [9.17, 15) is 9.59 Å². The van der Waals surface area contributed by atoms with Gasteiger partial charge in [-0.1, -0.05) is 18.2 Å². The quantitative estimate of drug-likeness (QED) is 0.362. The van der Waals surface area contributed by atoms with Crippen LogP contribution >= 0.6 is 0 Å². The van der Waals surface area contributed by atoms with Crippen molar-refractivity contribution in [1.82, 2.24) is 20.4 Å². The van der Waals surface area contributed by atoms with Crippen LogP contribution in [0.2, 0.25) is 0 Å². The Labute approximate surface area is 165 Å². The van der Waals surface area contributed by atoms with Crippen LogP contribution in [0.15, 0.2) is 82.8 Å². The molecule has 0 atom stereocenters. The predicted molar refractivity (Wildman–Crippen MR) is 111 cm³/mol. The third-order valence-corrected chi connectivity index (χ3v) is 4.07. The van der Waals surface area contributed by atoms with E-state index in [0.29, 0.717) is 33.8 Å². The maximum Gasteiger partial charge on any atom is 0.271 e. The molecule has 142 valence electrons. The van der Waals surface area contributed by atoms with Crippen LogP contribution in [-0.2, 0) is 0 Å². The van der Waals surface area contributed by atoms with Crippen molar-refractivity contribution in [3.05, 3.63) is 94.5 Å². The van der Waals surface area contributed by atoms with Crippen molar-refractivity contribution in [2.45, 2.75) is 0 Å². The van der Waals surface area contributed by atoms with Crippen molar-refractivity contribution in [3.63, 3.8) is 0 Å². The van der Waals surface area contributed by atoms with E-state index in [2.05, 4.69) is 30.8 Å². The zero-order chi connectivity index (χ0) is 20.1. The number of amides is 1. The summed E-state index contributed by atoms with van der Waals surface area (Å²) in [5.41, 5.74) is 4.59. The molecule has 29 heavy (non-hydrogen) atoms. The van der Waals surface area contributed by atoms with Crippen molar-refractivity contribution in [2.75, 3.05) is 5.32 Å². The largest absolute Gasteiger partial charge is 0.326 e. The van der Waals surface area contributed by atoms with Gasteiger partial charge in [0, 0.05) is 17.4 Å². The van der Waals surface area contributed by atoms with Crippen LogP contribution in [0.1, 0.15) is 16.1 Å². The lowest BCUT2D eigenvalue weighted by atomic mass is 10.2. The van der Waals surface area contributed by atoms with Gasteiger partial charge >= 0.3 is 0 Å². The van der Waals surface area contributed by atoms with Gasteiger partial charge in [0.2, 0.25) is 5.95 Å². The highest BCUT2D eigenvalue weighted by Gasteiger charge is 2.06. The van der Waals surface area contributed by atoms with Crippen molar-refractivity contribution in [2.24, 2.45) is 5.10 Å². The van der Waals surface area contributed by atoms with E-state index in [1.165, 1.54) is 6.21 Å². The normalized spacial score (nSPS) is 10.9. The van der Waals surface area contributed by atoms with Gasteiger partial charge in [-0.3, -0.25) is 19.6 Å². The van der Waals surface area contributed by atoms with Crippen LogP contribution in [0, 0.1) is 0 Å². The topological polar surface area (TPSA) is 112 Å². The molecular formula is C21H16N6O2. The molecular weight excluding hydrogens is 368 g/mol. The van der Waals surface area contributed by atoms with Gasteiger partial charge in [0.25, 0.3) is 11.5 Å². The molecule has 8 nitrogen and oxygen atoms in total. The van der Waals surface area contributed by atoms with Crippen LogP contribution in [0.4, 0.5) is 11.6 Å². The summed E-state index contributed by atoms with van der Waals surface area (Å²) >= 11 is 0. The van der Waals surface area contributed by atoms with E-state index in [1.54, 1.807) is 60.8 Å². The van der Waals surface area contributed by atoms with Crippen LogP contribution in [0.3, 0.4) is 0 Å². The molecule has 8 heteroatoms. The van der Waals surface area contributed by atoms with E-state index in [-0.39, 0.29) is 11.5 Å². The molecule has 2 aromatic heterocycles. The number of aromatic nitrogens is 3. The zero-order valence-electron chi connectivity index (χ0n) is 15.2. The van der Waals surface area contributed by atoms with Crippen LogP contribution < -0.4 is 16.3 Å². The van der Waals surface area contributed by atoms with E-state index in [0.717, 1.165) is 0 Å². The van der Waals surface area contributed by atoms with E-state index >= 15 is 0 Å². The molecule has 0 unspecified atom stereocenters. The molecule has 0 saturated heterocycles. The second-order valence-corrected chi connectivity index (χ2v) is 6.09. The molecule has 2 aromatic carbocycles. The molecule has 0 fully saturated rings. The summed E-state index contributed by atoms with van der Waals surface area (Å²) < 4.78 is 0. The maximum absolute atomic E-state index is 12.2. The number of hydrazone groups is 1. The third-order valence-electron chi connectivity index (χ3n) is 4.07. The van der Waals surface area contributed by atoms with Gasteiger partial charge in [-0.25, -0.2) is 10.4 Å². The monoisotopic (exact) mass is 384 g/mol. The Morgan fingerprint density at radius 1 is 1.00 bits per heavy atom. The molecule has 2 heterocycles. The van der Waals surface area contributed by atoms with Gasteiger partial charge in [-0.05, 0) is 48.5 Å². The van der Waals surface area contributed by atoms with Gasteiger partial charge < -0.3 is 5.32 Å². The Morgan fingerprint density at radius 2 is 1.79 bits per heavy atom. The molecule has 0 spiro atoms. The maximum atomic E-state index is 12.2. The highest BCUT2D eigenvalue weighted by Crippen LogP contribution is 2.15.